The van der Waals surface area contributed by atoms with Gasteiger partial charge in [-0.2, -0.15) is 0 Å². The van der Waals surface area contributed by atoms with Gasteiger partial charge in [0.1, 0.15) is 18.5 Å². The molecule has 2 rings (SSSR count). The van der Waals surface area contributed by atoms with E-state index in [2.05, 4.69) is 67.7 Å². The lowest BCUT2D eigenvalue weighted by molar-refractivity contribution is -0.141. The van der Waals surface area contributed by atoms with Crippen LogP contribution < -0.4 is 4.74 Å². The van der Waals surface area contributed by atoms with Gasteiger partial charge in [-0.15, -0.1) is 0 Å². The summed E-state index contributed by atoms with van der Waals surface area (Å²) in [7, 11) is -3.63. The fraction of sp³-hybridized carbons (Fsp3) is 0.720. The van der Waals surface area contributed by atoms with Crippen molar-refractivity contribution in [3.05, 3.63) is 29.8 Å². The third kappa shape index (κ3) is 6.92. The monoisotopic (exact) mass is 480 g/mol. The van der Waals surface area contributed by atoms with Crippen molar-refractivity contribution >= 4 is 22.6 Å². The minimum atomic E-state index is -1.87. The Kier molecular flexibility index (Phi) is 8.46. The summed E-state index contributed by atoms with van der Waals surface area (Å²) in [6.07, 6.45) is 0.144. The molecule has 2 atom stereocenters. The maximum absolute atomic E-state index is 12.0. The van der Waals surface area contributed by atoms with Gasteiger partial charge in [0.15, 0.2) is 16.6 Å². The van der Waals surface area contributed by atoms with Gasteiger partial charge in [0, 0.05) is 12.5 Å². The van der Waals surface area contributed by atoms with Gasteiger partial charge in [-0.05, 0) is 54.0 Å². The molecular weight excluding hydrogens is 436 g/mol. The second-order valence-electron chi connectivity index (χ2n) is 12.0. The summed E-state index contributed by atoms with van der Waals surface area (Å²) in [4.78, 5) is 12.0. The third-order valence-electron chi connectivity index (χ3n) is 7.41. The molecule has 0 saturated carbocycles. The first-order valence-corrected chi connectivity index (χ1v) is 17.6. The van der Waals surface area contributed by atoms with Crippen molar-refractivity contribution in [2.24, 2.45) is 5.92 Å². The van der Waals surface area contributed by atoms with Crippen LogP contribution in [0.5, 0.6) is 5.75 Å². The molecule has 0 N–H and O–H groups in total. The average Bonchev–Trinajstić information content (AvgIpc) is 3.03. The van der Waals surface area contributed by atoms with E-state index >= 15 is 0 Å². The van der Waals surface area contributed by atoms with Crippen LogP contribution in [0.1, 0.15) is 59.6 Å². The van der Waals surface area contributed by atoms with E-state index in [9.17, 15) is 4.79 Å². The Labute approximate surface area is 197 Å². The molecule has 1 aliphatic heterocycles. The largest absolute Gasteiger partial charge is 0.491 e. The first kappa shape index (κ1) is 27.1. The quantitative estimate of drug-likeness (QED) is 0.223. The SMILES string of the molecule is CC(C)(C)[Si](C)(C)OCCOc1ccc([C@@H]2OC(=O)C[C@H]2CO[Si](C)(C)C(C)(C)C)cc1. The number of ether oxygens (including phenoxy) is 2. The van der Waals surface area contributed by atoms with Gasteiger partial charge in [-0.1, -0.05) is 53.7 Å². The lowest BCUT2D eigenvalue weighted by Gasteiger charge is -2.37. The standard InChI is InChI=1S/C25H44O5Si2/c1-24(2,3)31(7,8)28-16-15-27-21-13-11-19(12-14-21)23-20(17-22(26)30-23)18-29-32(9,10)25(4,5)6/h11-14,20,23H,15-18H2,1-10H3/t20-,23-/m0/s1. The van der Waals surface area contributed by atoms with Crippen LogP contribution in [0.3, 0.4) is 0 Å². The van der Waals surface area contributed by atoms with Crippen LogP contribution in [0.4, 0.5) is 0 Å². The predicted molar refractivity (Wildman–Crippen MR) is 135 cm³/mol. The Hall–Kier alpha value is -1.16. The van der Waals surface area contributed by atoms with E-state index in [4.69, 9.17) is 18.3 Å². The van der Waals surface area contributed by atoms with Gasteiger partial charge in [-0.25, -0.2) is 0 Å². The Morgan fingerprint density at radius 2 is 1.41 bits per heavy atom. The summed E-state index contributed by atoms with van der Waals surface area (Å²) in [5, 5.41) is 0.331. The molecule has 182 valence electrons. The lowest BCUT2D eigenvalue weighted by Crippen LogP contribution is -2.42. The van der Waals surface area contributed by atoms with E-state index in [-0.39, 0.29) is 28.1 Å². The van der Waals surface area contributed by atoms with E-state index < -0.39 is 16.6 Å². The highest BCUT2D eigenvalue weighted by atomic mass is 28.4. The molecule has 0 unspecified atom stereocenters. The lowest BCUT2D eigenvalue weighted by atomic mass is 9.96. The van der Waals surface area contributed by atoms with Crippen molar-refractivity contribution in [2.75, 3.05) is 19.8 Å². The number of rotatable bonds is 9. The molecule has 1 fully saturated rings. The summed E-state index contributed by atoms with van der Waals surface area (Å²) < 4.78 is 24.1. The van der Waals surface area contributed by atoms with Gasteiger partial charge < -0.3 is 18.3 Å². The van der Waals surface area contributed by atoms with Crippen LogP contribution in [0.15, 0.2) is 24.3 Å². The first-order valence-electron chi connectivity index (χ1n) is 11.7. The topological polar surface area (TPSA) is 54.0 Å². The van der Waals surface area contributed by atoms with Crippen LogP contribution in [0.25, 0.3) is 0 Å². The maximum Gasteiger partial charge on any atom is 0.306 e. The number of hydrogen-bond acceptors (Lipinski definition) is 5. The van der Waals surface area contributed by atoms with Crippen molar-refractivity contribution < 1.29 is 23.1 Å². The molecule has 5 nitrogen and oxygen atoms in total. The molecule has 0 spiro atoms. The number of benzene rings is 1. The summed E-state index contributed by atoms with van der Waals surface area (Å²) in [5.41, 5.74) is 0.990. The van der Waals surface area contributed by atoms with Crippen molar-refractivity contribution in [2.45, 2.75) is 90.3 Å². The van der Waals surface area contributed by atoms with Gasteiger partial charge in [0.25, 0.3) is 0 Å². The van der Waals surface area contributed by atoms with E-state index in [1.807, 2.05) is 24.3 Å². The number of hydrogen-bond donors (Lipinski definition) is 0. The molecule has 1 saturated heterocycles. The van der Waals surface area contributed by atoms with Crippen LogP contribution in [0, 0.1) is 5.92 Å². The predicted octanol–water partition coefficient (Wildman–Crippen LogP) is 6.71. The molecule has 0 amide bonds. The number of carbonyl (C=O) groups is 1. The molecule has 1 aromatic carbocycles. The second kappa shape index (κ2) is 9.99. The normalized spacial score (nSPS) is 20.4. The fourth-order valence-electron chi connectivity index (χ4n) is 3.05. The summed E-state index contributed by atoms with van der Waals surface area (Å²) in [6.45, 7) is 24.0. The van der Waals surface area contributed by atoms with Crippen LogP contribution in [-0.2, 0) is 18.4 Å². The highest BCUT2D eigenvalue weighted by molar-refractivity contribution is 6.74. The zero-order chi connectivity index (χ0) is 24.4. The van der Waals surface area contributed by atoms with Crippen LogP contribution in [0.2, 0.25) is 36.3 Å². The van der Waals surface area contributed by atoms with E-state index in [0.29, 0.717) is 26.2 Å². The number of carbonyl (C=O) groups excluding carboxylic acids is 1. The highest BCUT2D eigenvalue weighted by Crippen LogP contribution is 2.40. The summed E-state index contributed by atoms with van der Waals surface area (Å²) >= 11 is 0. The summed E-state index contributed by atoms with van der Waals surface area (Å²) in [6, 6.07) is 7.87. The molecule has 0 bridgehead atoms. The molecule has 1 aliphatic rings. The van der Waals surface area contributed by atoms with E-state index in [1.165, 1.54) is 0 Å². The van der Waals surface area contributed by atoms with Crippen LogP contribution >= 0.6 is 0 Å². The number of cyclic esters (lactones) is 1. The number of esters is 1. The minimum absolute atomic E-state index is 0.0429. The zero-order valence-corrected chi connectivity index (χ0v) is 23.8. The van der Waals surface area contributed by atoms with Crippen molar-refractivity contribution in [3.63, 3.8) is 0 Å². The zero-order valence-electron chi connectivity index (χ0n) is 21.8. The maximum atomic E-state index is 12.0. The van der Waals surface area contributed by atoms with Crippen LogP contribution in [-0.4, -0.2) is 42.4 Å². The first-order chi connectivity index (χ1) is 14.5. The molecule has 0 radical (unpaired) electrons. The van der Waals surface area contributed by atoms with Gasteiger partial charge in [0.2, 0.25) is 0 Å². The van der Waals surface area contributed by atoms with Gasteiger partial charge in [-0.3, -0.25) is 4.79 Å². The van der Waals surface area contributed by atoms with E-state index in [1.54, 1.807) is 0 Å². The Morgan fingerprint density at radius 1 is 0.875 bits per heavy atom. The molecule has 0 aliphatic carbocycles. The van der Waals surface area contributed by atoms with E-state index in [0.717, 1.165) is 11.3 Å². The molecule has 1 aromatic rings. The Balaban J connectivity index is 1.92. The molecule has 0 aromatic heterocycles. The average molecular weight is 481 g/mol. The van der Waals surface area contributed by atoms with Crippen molar-refractivity contribution in [1.82, 2.24) is 0 Å². The Morgan fingerprint density at radius 3 is 1.94 bits per heavy atom. The molecule has 1 heterocycles. The minimum Gasteiger partial charge on any atom is -0.491 e. The third-order valence-corrected chi connectivity index (χ3v) is 16.4. The Bertz CT molecular complexity index is 760. The molecule has 32 heavy (non-hydrogen) atoms. The van der Waals surface area contributed by atoms with Crippen molar-refractivity contribution in [1.29, 1.82) is 0 Å². The van der Waals surface area contributed by atoms with Gasteiger partial charge >= 0.3 is 5.97 Å². The smallest absolute Gasteiger partial charge is 0.306 e. The van der Waals surface area contributed by atoms with Gasteiger partial charge in [0.05, 0.1) is 13.0 Å². The second-order valence-corrected chi connectivity index (χ2v) is 21.6. The van der Waals surface area contributed by atoms with Crippen molar-refractivity contribution in [3.8, 4) is 5.75 Å². The fourth-order valence-corrected chi connectivity index (χ4v) is 5.14. The molecule has 7 heteroatoms. The highest BCUT2D eigenvalue weighted by Gasteiger charge is 2.41. The summed E-state index contributed by atoms with van der Waals surface area (Å²) in [5.74, 6) is 0.689. The molecular formula is C25H44O5Si2.